The van der Waals surface area contributed by atoms with E-state index < -0.39 is 0 Å². The van der Waals surface area contributed by atoms with Crippen LogP contribution < -0.4 is 0 Å². The van der Waals surface area contributed by atoms with Crippen molar-refractivity contribution in [3.05, 3.63) is 73.6 Å². The molecular weight excluding hydrogens is 534 g/mol. The van der Waals surface area contributed by atoms with Gasteiger partial charge in [-0.2, -0.15) is 0 Å². The summed E-state index contributed by atoms with van der Waals surface area (Å²) in [4.78, 5) is 5.83. The number of hydrogen-bond acceptors (Lipinski definition) is 3. The third-order valence-electron chi connectivity index (χ3n) is 3.12. The minimum atomic E-state index is 0.498. The van der Waals surface area contributed by atoms with Crippen LogP contribution in [0.5, 0.6) is 0 Å². The van der Waals surface area contributed by atoms with Gasteiger partial charge in [-0.05, 0) is 62.9 Å². The van der Waals surface area contributed by atoms with Crippen molar-refractivity contribution in [2.75, 3.05) is 0 Å². The average Bonchev–Trinajstić information content (AvgIpc) is 2.84. The molecule has 0 saturated carbocycles. The standard InChI is InChI=1S/C17H14I2N2OS/c18-15-16(19)21(12-22-11-13-7-3-1-4-8-13)17(20-15)23-14-9-5-2-6-10-14/h1-10H,11-12H2. The molecule has 0 spiro atoms. The smallest absolute Gasteiger partial charge is 0.176 e. The van der Waals surface area contributed by atoms with Crippen molar-refractivity contribution < 1.29 is 4.74 Å². The van der Waals surface area contributed by atoms with Gasteiger partial charge in [0.25, 0.3) is 0 Å². The van der Waals surface area contributed by atoms with E-state index in [1.807, 2.05) is 36.4 Å². The number of rotatable bonds is 6. The largest absolute Gasteiger partial charge is 0.356 e. The normalized spacial score (nSPS) is 10.9. The molecule has 0 amide bonds. The zero-order valence-corrected chi connectivity index (χ0v) is 17.3. The van der Waals surface area contributed by atoms with Gasteiger partial charge in [0.05, 0.1) is 6.61 Å². The fourth-order valence-corrected chi connectivity index (χ4v) is 4.23. The highest BCUT2D eigenvalue weighted by molar-refractivity contribution is 14.1. The number of halogens is 2. The lowest BCUT2D eigenvalue weighted by Crippen LogP contribution is -2.06. The van der Waals surface area contributed by atoms with Gasteiger partial charge in [-0.3, -0.25) is 4.57 Å². The summed E-state index contributed by atoms with van der Waals surface area (Å²) in [6, 6.07) is 20.5. The van der Waals surface area contributed by atoms with Gasteiger partial charge < -0.3 is 4.74 Å². The summed E-state index contributed by atoms with van der Waals surface area (Å²) in [7, 11) is 0. The van der Waals surface area contributed by atoms with Crippen molar-refractivity contribution in [2.24, 2.45) is 0 Å². The summed E-state index contributed by atoms with van der Waals surface area (Å²) in [5.41, 5.74) is 1.18. The molecule has 3 aromatic rings. The molecule has 0 aliphatic rings. The van der Waals surface area contributed by atoms with Gasteiger partial charge in [0.2, 0.25) is 0 Å². The van der Waals surface area contributed by atoms with E-state index in [0.717, 1.165) is 12.6 Å². The number of benzene rings is 2. The molecule has 3 rings (SSSR count). The Labute approximate surface area is 167 Å². The van der Waals surface area contributed by atoms with Crippen LogP contribution in [-0.2, 0) is 18.1 Å². The highest BCUT2D eigenvalue weighted by atomic mass is 127. The number of imidazole rings is 1. The Balaban J connectivity index is 1.71. The van der Waals surface area contributed by atoms with Gasteiger partial charge in [-0.15, -0.1) is 0 Å². The van der Waals surface area contributed by atoms with Crippen LogP contribution in [-0.4, -0.2) is 9.55 Å². The fourth-order valence-electron chi connectivity index (χ4n) is 2.00. The van der Waals surface area contributed by atoms with Crippen LogP contribution in [0, 0.1) is 7.40 Å². The van der Waals surface area contributed by atoms with E-state index in [1.165, 1.54) is 10.5 Å². The third-order valence-corrected chi connectivity index (χ3v) is 7.00. The Morgan fingerprint density at radius 1 is 0.957 bits per heavy atom. The quantitative estimate of drug-likeness (QED) is 0.386. The molecule has 0 unspecified atom stereocenters. The molecule has 0 saturated heterocycles. The molecule has 0 atom stereocenters. The lowest BCUT2D eigenvalue weighted by atomic mass is 10.2. The van der Waals surface area contributed by atoms with E-state index in [4.69, 9.17) is 4.74 Å². The Kier molecular flexibility index (Phi) is 6.37. The zero-order valence-electron chi connectivity index (χ0n) is 12.2. The first kappa shape index (κ1) is 17.2. The Bertz CT molecular complexity index is 763. The molecule has 0 fully saturated rings. The number of aromatic nitrogens is 2. The van der Waals surface area contributed by atoms with Crippen molar-refractivity contribution in [1.29, 1.82) is 0 Å². The molecule has 2 aromatic carbocycles. The molecule has 1 aromatic heterocycles. The summed E-state index contributed by atoms with van der Waals surface area (Å²) >= 11 is 6.25. The van der Waals surface area contributed by atoms with Crippen LogP contribution in [0.1, 0.15) is 5.56 Å². The number of ether oxygens (including phenoxy) is 1. The maximum Gasteiger partial charge on any atom is 0.176 e. The summed E-state index contributed by atoms with van der Waals surface area (Å²) in [6.07, 6.45) is 0. The van der Waals surface area contributed by atoms with Crippen molar-refractivity contribution in [1.82, 2.24) is 9.55 Å². The van der Waals surface area contributed by atoms with Gasteiger partial charge in [0.15, 0.2) is 5.16 Å². The second kappa shape index (κ2) is 8.50. The van der Waals surface area contributed by atoms with Crippen molar-refractivity contribution in [3.8, 4) is 0 Å². The second-order valence-electron chi connectivity index (χ2n) is 4.78. The first-order chi connectivity index (χ1) is 11.2. The van der Waals surface area contributed by atoms with Gasteiger partial charge in [-0.25, -0.2) is 4.98 Å². The van der Waals surface area contributed by atoms with E-state index in [-0.39, 0.29) is 0 Å². The summed E-state index contributed by atoms with van der Waals surface area (Å²) < 4.78 is 10.1. The Morgan fingerprint density at radius 3 is 2.30 bits per heavy atom. The highest BCUT2D eigenvalue weighted by Gasteiger charge is 2.14. The summed E-state index contributed by atoms with van der Waals surface area (Å²) in [5, 5.41) is 0.957. The van der Waals surface area contributed by atoms with Gasteiger partial charge in [0.1, 0.15) is 14.1 Å². The monoisotopic (exact) mass is 548 g/mol. The molecule has 1 heterocycles. The zero-order chi connectivity index (χ0) is 16.1. The number of nitrogens with zero attached hydrogens (tertiary/aromatic N) is 2. The van der Waals surface area contributed by atoms with Crippen LogP contribution in [0.25, 0.3) is 0 Å². The van der Waals surface area contributed by atoms with Gasteiger partial charge in [0, 0.05) is 4.90 Å². The fraction of sp³-hybridized carbons (Fsp3) is 0.118. The van der Waals surface area contributed by atoms with Gasteiger partial charge in [-0.1, -0.05) is 60.3 Å². The van der Waals surface area contributed by atoms with E-state index in [1.54, 1.807) is 11.8 Å². The lowest BCUT2D eigenvalue weighted by molar-refractivity contribution is 0.0571. The van der Waals surface area contributed by atoms with E-state index in [0.29, 0.717) is 13.3 Å². The predicted octanol–water partition coefficient (Wildman–Crippen LogP) is 5.42. The van der Waals surface area contributed by atoms with E-state index in [9.17, 15) is 0 Å². The molecule has 3 nitrogen and oxygen atoms in total. The summed E-state index contributed by atoms with van der Waals surface area (Å²) in [6.45, 7) is 1.10. The molecule has 0 N–H and O–H groups in total. The molecule has 118 valence electrons. The maximum absolute atomic E-state index is 5.88. The van der Waals surface area contributed by atoms with Crippen molar-refractivity contribution >= 4 is 56.9 Å². The molecular formula is C17H14I2N2OS. The maximum atomic E-state index is 5.88. The molecule has 23 heavy (non-hydrogen) atoms. The number of hydrogen-bond donors (Lipinski definition) is 0. The predicted molar refractivity (Wildman–Crippen MR) is 109 cm³/mol. The van der Waals surface area contributed by atoms with Crippen LogP contribution in [0.3, 0.4) is 0 Å². The minimum absolute atomic E-state index is 0.498. The molecule has 0 radical (unpaired) electrons. The lowest BCUT2D eigenvalue weighted by Gasteiger charge is -2.10. The molecule has 0 aliphatic heterocycles. The minimum Gasteiger partial charge on any atom is -0.356 e. The van der Waals surface area contributed by atoms with E-state index >= 15 is 0 Å². The van der Waals surface area contributed by atoms with Crippen LogP contribution in [0.2, 0.25) is 0 Å². The summed E-state index contributed by atoms with van der Waals surface area (Å²) in [5.74, 6) is 0. The highest BCUT2D eigenvalue weighted by Crippen LogP contribution is 2.30. The van der Waals surface area contributed by atoms with Crippen molar-refractivity contribution in [2.45, 2.75) is 23.4 Å². The van der Waals surface area contributed by atoms with Crippen molar-refractivity contribution in [3.63, 3.8) is 0 Å². The van der Waals surface area contributed by atoms with Crippen LogP contribution in [0.4, 0.5) is 0 Å². The SMILES string of the molecule is Ic1nc(Sc2ccccc2)n(COCc2ccccc2)c1I. The Morgan fingerprint density at radius 2 is 1.61 bits per heavy atom. The van der Waals surface area contributed by atoms with Gasteiger partial charge >= 0.3 is 0 Å². The first-order valence-electron chi connectivity index (χ1n) is 7.00. The van der Waals surface area contributed by atoms with Crippen LogP contribution in [0.15, 0.2) is 70.7 Å². The third kappa shape index (κ3) is 4.71. The van der Waals surface area contributed by atoms with Crippen LogP contribution >= 0.6 is 56.9 Å². The second-order valence-corrected chi connectivity index (χ2v) is 7.87. The molecule has 6 heteroatoms. The molecule has 0 bridgehead atoms. The Hall–Kier alpha value is -0.580. The topological polar surface area (TPSA) is 27.1 Å². The average molecular weight is 548 g/mol. The van der Waals surface area contributed by atoms with E-state index in [2.05, 4.69) is 79.0 Å². The first-order valence-corrected chi connectivity index (χ1v) is 9.97. The molecule has 0 aliphatic carbocycles.